The van der Waals surface area contributed by atoms with Crippen molar-refractivity contribution < 1.29 is 22.7 Å². The summed E-state index contributed by atoms with van der Waals surface area (Å²) in [4.78, 5) is 22.1. The van der Waals surface area contributed by atoms with Crippen LogP contribution in [0.4, 0.5) is 5.13 Å². The number of nitrogens with zero attached hydrogens (tertiary/aromatic N) is 3. The second kappa shape index (κ2) is 11.0. The van der Waals surface area contributed by atoms with Crippen LogP contribution in [0.1, 0.15) is 17.5 Å². The lowest BCUT2D eigenvalue weighted by atomic mass is 10.2. The number of methoxy groups -OCH3 is 1. The summed E-state index contributed by atoms with van der Waals surface area (Å²) in [7, 11) is -2.21. The van der Waals surface area contributed by atoms with Crippen molar-refractivity contribution in [3.63, 3.8) is 0 Å². The third kappa shape index (κ3) is 6.00. The predicted octanol–water partition coefficient (Wildman–Crippen LogP) is 3.45. The largest absolute Gasteiger partial charge is 0.494 e. The first kappa shape index (κ1) is 25.6. The van der Waals surface area contributed by atoms with E-state index >= 15 is 0 Å². The van der Waals surface area contributed by atoms with E-state index in [0.29, 0.717) is 42.6 Å². The molecule has 10 heteroatoms. The molecular formula is C25H31N3O5S2. The summed E-state index contributed by atoms with van der Waals surface area (Å²) < 4.78 is 37.9. The Morgan fingerprint density at radius 2 is 1.86 bits per heavy atom. The maximum atomic E-state index is 13.4. The van der Waals surface area contributed by atoms with E-state index in [-0.39, 0.29) is 4.90 Å². The van der Waals surface area contributed by atoms with Crippen LogP contribution in [0, 0.1) is 13.8 Å². The third-order valence-corrected chi connectivity index (χ3v) is 8.93. The molecule has 0 saturated carbocycles. The van der Waals surface area contributed by atoms with E-state index in [2.05, 4.69) is 4.90 Å². The van der Waals surface area contributed by atoms with Crippen LogP contribution in [0.2, 0.25) is 0 Å². The molecule has 1 amide bonds. The Morgan fingerprint density at radius 1 is 1.14 bits per heavy atom. The standard InChI is InChI=1S/C25H31N3O5S2/c1-18-5-8-20(9-6-18)35(30,31)17-22(29)28(12-4-11-27-13-15-33-16-14-27)25-26-23-21(32-3)10-7-19(2)24(23)34-25/h5-10H,4,11-17H2,1-3H3. The minimum atomic E-state index is -3.79. The Bertz CT molecular complexity index is 1280. The highest BCUT2D eigenvalue weighted by molar-refractivity contribution is 7.92. The highest BCUT2D eigenvalue weighted by Gasteiger charge is 2.27. The van der Waals surface area contributed by atoms with Gasteiger partial charge in [-0.25, -0.2) is 13.4 Å². The number of rotatable bonds is 9. The molecule has 1 aliphatic rings. The summed E-state index contributed by atoms with van der Waals surface area (Å²) in [5.74, 6) is -0.469. The van der Waals surface area contributed by atoms with Crippen molar-refractivity contribution >= 4 is 42.4 Å². The number of aromatic nitrogens is 1. The summed E-state index contributed by atoms with van der Waals surface area (Å²) in [5, 5.41) is 0.485. The molecule has 3 aromatic rings. The van der Waals surface area contributed by atoms with E-state index in [1.807, 2.05) is 26.0 Å². The molecule has 1 saturated heterocycles. The highest BCUT2D eigenvalue weighted by Crippen LogP contribution is 2.36. The van der Waals surface area contributed by atoms with E-state index in [9.17, 15) is 13.2 Å². The van der Waals surface area contributed by atoms with Crippen LogP contribution in [0.25, 0.3) is 10.2 Å². The van der Waals surface area contributed by atoms with Gasteiger partial charge in [0.05, 0.1) is 29.9 Å². The van der Waals surface area contributed by atoms with Crippen LogP contribution in [0.3, 0.4) is 0 Å². The Hall–Kier alpha value is -2.53. The number of fused-ring (bicyclic) bond motifs is 1. The van der Waals surface area contributed by atoms with Crippen LogP contribution in [0.5, 0.6) is 5.75 Å². The van der Waals surface area contributed by atoms with Gasteiger partial charge in [0.25, 0.3) is 0 Å². The number of anilines is 1. The van der Waals surface area contributed by atoms with E-state index < -0.39 is 21.5 Å². The molecule has 0 radical (unpaired) electrons. The zero-order valence-electron chi connectivity index (χ0n) is 20.3. The van der Waals surface area contributed by atoms with E-state index in [1.165, 1.54) is 16.2 Å². The molecule has 2 aromatic carbocycles. The molecule has 0 aliphatic carbocycles. The average Bonchev–Trinajstić information content (AvgIpc) is 3.28. The van der Waals surface area contributed by atoms with Gasteiger partial charge in [-0.15, -0.1) is 0 Å². The molecule has 1 fully saturated rings. The maximum absolute atomic E-state index is 13.4. The number of hydrogen-bond acceptors (Lipinski definition) is 8. The number of ether oxygens (including phenoxy) is 2. The second-order valence-electron chi connectivity index (χ2n) is 8.68. The van der Waals surface area contributed by atoms with Crippen molar-refractivity contribution in [1.82, 2.24) is 9.88 Å². The molecule has 8 nitrogen and oxygen atoms in total. The normalized spacial score (nSPS) is 14.8. The lowest BCUT2D eigenvalue weighted by Crippen LogP contribution is -2.40. The topological polar surface area (TPSA) is 89.0 Å². The van der Waals surface area contributed by atoms with Crippen LogP contribution < -0.4 is 9.64 Å². The molecular weight excluding hydrogens is 486 g/mol. The first-order valence-corrected chi connectivity index (χ1v) is 14.1. The van der Waals surface area contributed by atoms with Gasteiger partial charge in [0.1, 0.15) is 17.0 Å². The first-order chi connectivity index (χ1) is 16.8. The van der Waals surface area contributed by atoms with Crippen molar-refractivity contribution in [3.05, 3.63) is 47.5 Å². The van der Waals surface area contributed by atoms with Crippen LogP contribution >= 0.6 is 11.3 Å². The minimum absolute atomic E-state index is 0.145. The van der Waals surface area contributed by atoms with Crippen molar-refractivity contribution in [3.8, 4) is 5.75 Å². The summed E-state index contributed by atoms with van der Waals surface area (Å²) in [6.45, 7) is 8.16. The molecule has 0 spiro atoms. The Morgan fingerprint density at radius 3 is 2.54 bits per heavy atom. The molecule has 2 heterocycles. The van der Waals surface area contributed by atoms with Gasteiger partial charge in [0.2, 0.25) is 5.91 Å². The van der Waals surface area contributed by atoms with Crippen LogP contribution in [-0.4, -0.2) is 76.5 Å². The zero-order valence-corrected chi connectivity index (χ0v) is 22.0. The number of hydrogen-bond donors (Lipinski definition) is 0. The van der Waals surface area contributed by atoms with Gasteiger partial charge >= 0.3 is 0 Å². The molecule has 188 valence electrons. The fourth-order valence-electron chi connectivity index (χ4n) is 4.05. The fourth-order valence-corrected chi connectivity index (χ4v) is 6.35. The van der Waals surface area contributed by atoms with Gasteiger partial charge in [0.15, 0.2) is 15.0 Å². The number of carbonyl (C=O) groups excluding carboxylic acids is 1. The molecule has 1 aliphatic heterocycles. The Balaban J connectivity index is 1.60. The minimum Gasteiger partial charge on any atom is -0.494 e. The number of aryl methyl sites for hydroxylation is 2. The van der Waals surface area contributed by atoms with E-state index in [4.69, 9.17) is 14.5 Å². The summed E-state index contributed by atoms with van der Waals surface area (Å²) >= 11 is 1.39. The van der Waals surface area contributed by atoms with Crippen LogP contribution in [0.15, 0.2) is 41.3 Å². The molecule has 35 heavy (non-hydrogen) atoms. The maximum Gasteiger partial charge on any atom is 0.244 e. The second-order valence-corrected chi connectivity index (χ2v) is 11.7. The van der Waals surface area contributed by atoms with Gasteiger partial charge in [0, 0.05) is 26.2 Å². The smallest absolute Gasteiger partial charge is 0.244 e. The highest BCUT2D eigenvalue weighted by atomic mass is 32.2. The lowest BCUT2D eigenvalue weighted by molar-refractivity contribution is -0.116. The SMILES string of the molecule is COc1ccc(C)c2sc(N(CCCN3CCOCC3)C(=O)CS(=O)(=O)c3ccc(C)cc3)nc12. The van der Waals surface area contributed by atoms with E-state index in [0.717, 1.165) is 35.5 Å². The summed E-state index contributed by atoms with van der Waals surface area (Å²) in [6, 6.07) is 10.4. The fraction of sp³-hybridized carbons (Fsp3) is 0.440. The van der Waals surface area contributed by atoms with Crippen molar-refractivity contribution in [2.75, 3.05) is 57.2 Å². The molecule has 1 aromatic heterocycles. The zero-order chi connectivity index (χ0) is 25.0. The molecule has 0 atom stereocenters. The Labute approximate surface area is 210 Å². The van der Waals surface area contributed by atoms with Crippen molar-refractivity contribution in [2.45, 2.75) is 25.2 Å². The monoisotopic (exact) mass is 517 g/mol. The first-order valence-electron chi connectivity index (χ1n) is 11.6. The molecule has 4 rings (SSSR count). The molecule has 0 unspecified atom stereocenters. The van der Waals surface area contributed by atoms with Gasteiger partial charge in [-0.1, -0.05) is 35.1 Å². The Kier molecular flexibility index (Phi) is 8.05. The number of thiazole rings is 1. The third-order valence-electron chi connectivity index (χ3n) is 6.10. The van der Waals surface area contributed by atoms with Crippen molar-refractivity contribution in [1.29, 1.82) is 0 Å². The number of sulfone groups is 1. The predicted molar refractivity (Wildman–Crippen MR) is 138 cm³/mol. The van der Waals surface area contributed by atoms with Gasteiger partial charge in [-0.3, -0.25) is 14.6 Å². The number of morpholine rings is 1. The van der Waals surface area contributed by atoms with Gasteiger partial charge < -0.3 is 9.47 Å². The molecule has 0 bridgehead atoms. The quantitative estimate of drug-likeness (QED) is 0.430. The summed E-state index contributed by atoms with van der Waals surface area (Å²) in [5.41, 5.74) is 2.66. The van der Waals surface area contributed by atoms with Crippen LogP contribution in [-0.2, 0) is 19.4 Å². The van der Waals surface area contributed by atoms with Crippen molar-refractivity contribution in [2.24, 2.45) is 0 Å². The average molecular weight is 518 g/mol. The van der Waals surface area contributed by atoms with Gasteiger partial charge in [-0.05, 0) is 44.0 Å². The summed E-state index contributed by atoms with van der Waals surface area (Å²) in [6.07, 6.45) is 0.697. The number of benzene rings is 2. The van der Waals surface area contributed by atoms with Gasteiger partial charge in [-0.2, -0.15) is 0 Å². The molecule has 0 N–H and O–H groups in total. The lowest BCUT2D eigenvalue weighted by Gasteiger charge is -2.27. The van der Waals surface area contributed by atoms with E-state index in [1.54, 1.807) is 31.4 Å². The number of carbonyl (C=O) groups is 1. The number of amides is 1.